The molecule has 1 aliphatic heterocycles. The number of carbonyl (C=O) groups excluding carboxylic acids is 2. The number of para-hydroxylation sites is 1. The number of amides is 2. The van der Waals surface area contributed by atoms with Crippen LogP contribution in [0.3, 0.4) is 0 Å². The predicted octanol–water partition coefficient (Wildman–Crippen LogP) is 3.70. The SMILES string of the molecule is CCNCCCn1cc(C2=C(c3c[nH]c4ccccc34)C(=O)NC2=O)c2cc(OC)ccc21. The number of fused-ring (bicyclic) bond motifs is 2. The number of ether oxygens (including phenoxy) is 1. The molecule has 2 aromatic carbocycles. The Labute approximate surface area is 191 Å². The van der Waals surface area contributed by atoms with Gasteiger partial charge in [-0.25, -0.2) is 0 Å². The van der Waals surface area contributed by atoms with Crippen molar-refractivity contribution < 1.29 is 14.3 Å². The number of nitrogens with one attached hydrogen (secondary N) is 3. The Hall–Kier alpha value is -3.84. The maximum absolute atomic E-state index is 13.1. The summed E-state index contributed by atoms with van der Waals surface area (Å²) in [6, 6.07) is 13.6. The summed E-state index contributed by atoms with van der Waals surface area (Å²) in [5, 5.41) is 7.65. The average molecular weight is 443 g/mol. The zero-order valence-corrected chi connectivity index (χ0v) is 18.7. The Morgan fingerprint density at radius 3 is 2.58 bits per heavy atom. The van der Waals surface area contributed by atoms with Crippen molar-refractivity contribution in [3.8, 4) is 5.75 Å². The Kier molecular flexibility index (Phi) is 5.48. The summed E-state index contributed by atoms with van der Waals surface area (Å²) in [6.07, 6.45) is 4.73. The highest BCUT2D eigenvalue weighted by atomic mass is 16.5. The lowest BCUT2D eigenvalue weighted by atomic mass is 9.95. The number of benzene rings is 2. The van der Waals surface area contributed by atoms with Gasteiger partial charge in [0.15, 0.2) is 0 Å². The van der Waals surface area contributed by atoms with E-state index >= 15 is 0 Å². The van der Waals surface area contributed by atoms with Crippen LogP contribution in [0.2, 0.25) is 0 Å². The molecule has 0 saturated carbocycles. The zero-order valence-electron chi connectivity index (χ0n) is 18.7. The van der Waals surface area contributed by atoms with Crippen molar-refractivity contribution in [3.63, 3.8) is 0 Å². The van der Waals surface area contributed by atoms with Gasteiger partial charge in [0.1, 0.15) is 5.75 Å². The smallest absolute Gasteiger partial charge is 0.259 e. The van der Waals surface area contributed by atoms with Crippen LogP contribution in [0.5, 0.6) is 5.75 Å². The minimum absolute atomic E-state index is 0.379. The number of hydrogen-bond donors (Lipinski definition) is 3. The monoisotopic (exact) mass is 442 g/mol. The van der Waals surface area contributed by atoms with Gasteiger partial charge in [-0.1, -0.05) is 25.1 Å². The van der Waals surface area contributed by atoms with Crippen molar-refractivity contribution in [1.29, 1.82) is 0 Å². The third-order valence-electron chi connectivity index (χ3n) is 6.15. The summed E-state index contributed by atoms with van der Waals surface area (Å²) in [4.78, 5) is 29.3. The lowest BCUT2D eigenvalue weighted by Crippen LogP contribution is -2.22. The molecule has 0 saturated heterocycles. The van der Waals surface area contributed by atoms with Crippen LogP contribution in [0, 0.1) is 0 Å². The first-order valence-electron chi connectivity index (χ1n) is 11.2. The number of nitrogens with zero attached hydrogens (tertiary/aromatic N) is 1. The minimum Gasteiger partial charge on any atom is -0.497 e. The summed E-state index contributed by atoms with van der Waals surface area (Å²) in [7, 11) is 1.62. The first kappa shape index (κ1) is 21.0. The molecule has 5 rings (SSSR count). The number of hydrogen-bond acceptors (Lipinski definition) is 4. The molecule has 0 aliphatic carbocycles. The molecule has 4 aromatic rings. The van der Waals surface area contributed by atoms with Crippen LogP contribution in [-0.4, -0.2) is 41.6 Å². The standard InChI is InChI=1S/C26H26N4O3/c1-3-27-11-6-12-30-15-20(18-13-16(33-2)9-10-22(18)30)24-23(25(31)29-26(24)32)19-14-28-21-8-5-4-7-17(19)21/h4-5,7-10,13-15,27-28H,3,6,11-12H2,1-2H3,(H,29,31,32). The van der Waals surface area contributed by atoms with Gasteiger partial charge in [-0.3, -0.25) is 14.9 Å². The molecule has 33 heavy (non-hydrogen) atoms. The van der Waals surface area contributed by atoms with Crippen LogP contribution in [-0.2, 0) is 16.1 Å². The fourth-order valence-electron chi connectivity index (χ4n) is 4.59. The molecule has 2 aromatic heterocycles. The van der Waals surface area contributed by atoms with Crippen LogP contribution < -0.4 is 15.4 Å². The van der Waals surface area contributed by atoms with E-state index in [4.69, 9.17) is 4.74 Å². The Bertz CT molecular complexity index is 1410. The second-order valence-corrected chi connectivity index (χ2v) is 8.11. The van der Waals surface area contributed by atoms with E-state index in [-0.39, 0.29) is 11.8 Å². The van der Waals surface area contributed by atoms with Gasteiger partial charge in [-0.15, -0.1) is 0 Å². The number of imide groups is 1. The molecule has 0 fully saturated rings. The van der Waals surface area contributed by atoms with Gasteiger partial charge in [0.05, 0.1) is 18.3 Å². The minimum atomic E-state index is -0.380. The number of aromatic nitrogens is 2. The number of rotatable bonds is 8. The Morgan fingerprint density at radius 2 is 1.79 bits per heavy atom. The van der Waals surface area contributed by atoms with Crippen LogP contribution in [0.4, 0.5) is 0 Å². The van der Waals surface area contributed by atoms with E-state index in [1.54, 1.807) is 13.3 Å². The third kappa shape index (κ3) is 3.60. The Morgan fingerprint density at radius 1 is 1.00 bits per heavy atom. The lowest BCUT2D eigenvalue weighted by molar-refractivity contribution is -0.122. The van der Waals surface area contributed by atoms with Crippen LogP contribution in [0.25, 0.3) is 33.0 Å². The van der Waals surface area contributed by atoms with Gasteiger partial charge in [-0.05, 0) is 43.8 Å². The summed E-state index contributed by atoms with van der Waals surface area (Å²) in [6.45, 7) is 4.72. The number of methoxy groups -OCH3 is 1. The molecule has 3 N–H and O–H groups in total. The van der Waals surface area contributed by atoms with Gasteiger partial charge < -0.3 is 19.6 Å². The quantitative estimate of drug-likeness (QED) is 0.287. The molecule has 7 heteroatoms. The number of aromatic amines is 1. The number of carbonyl (C=O) groups is 2. The van der Waals surface area contributed by atoms with Crippen molar-refractivity contribution in [3.05, 3.63) is 66.0 Å². The molecule has 0 radical (unpaired) electrons. The normalized spacial score (nSPS) is 14.0. The van der Waals surface area contributed by atoms with E-state index in [1.807, 2.05) is 48.7 Å². The first-order chi connectivity index (χ1) is 16.1. The number of aryl methyl sites for hydroxylation is 1. The highest BCUT2D eigenvalue weighted by Gasteiger charge is 2.35. The number of H-pyrrole nitrogens is 1. The molecule has 1 aliphatic rings. The average Bonchev–Trinajstić information content (AvgIpc) is 3.49. The van der Waals surface area contributed by atoms with Gasteiger partial charge in [-0.2, -0.15) is 0 Å². The van der Waals surface area contributed by atoms with Crippen molar-refractivity contribution in [2.45, 2.75) is 19.9 Å². The van der Waals surface area contributed by atoms with E-state index in [2.05, 4.69) is 27.1 Å². The third-order valence-corrected chi connectivity index (χ3v) is 6.15. The first-order valence-corrected chi connectivity index (χ1v) is 11.2. The van der Waals surface area contributed by atoms with E-state index in [0.29, 0.717) is 16.9 Å². The van der Waals surface area contributed by atoms with Crippen molar-refractivity contribution >= 4 is 44.8 Å². The highest BCUT2D eigenvalue weighted by molar-refractivity contribution is 6.50. The molecular weight excluding hydrogens is 416 g/mol. The Balaban J connectivity index is 1.71. The lowest BCUT2D eigenvalue weighted by Gasteiger charge is -2.06. The van der Waals surface area contributed by atoms with Gasteiger partial charge in [0.2, 0.25) is 0 Å². The predicted molar refractivity (Wildman–Crippen MR) is 130 cm³/mol. The largest absolute Gasteiger partial charge is 0.497 e. The van der Waals surface area contributed by atoms with Crippen LogP contribution in [0.1, 0.15) is 24.5 Å². The van der Waals surface area contributed by atoms with E-state index in [1.165, 1.54) is 0 Å². The highest BCUT2D eigenvalue weighted by Crippen LogP contribution is 2.39. The maximum Gasteiger partial charge on any atom is 0.259 e. The molecular formula is C26H26N4O3. The summed E-state index contributed by atoms with van der Waals surface area (Å²) < 4.78 is 7.61. The van der Waals surface area contributed by atoms with Crippen LogP contribution in [0.15, 0.2) is 54.9 Å². The second-order valence-electron chi connectivity index (χ2n) is 8.11. The summed E-state index contributed by atoms with van der Waals surface area (Å²) in [5.41, 5.74) is 4.16. The van der Waals surface area contributed by atoms with Crippen molar-refractivity contribution in [2.24, 2.45) is 0 Å². The fraction of sp³-hybridized carbons (Fsp3) is 0.231. The molecule has 3 heterocycles. The molecule has 168 valence electrons. The zero-order chi connectivity index (χ0) is 22.9. The second kappa shape index (κ2) is 8.60. The van der Waals surface area contributed by atoms with E-state index in [0.717, 1.165) is 59.0 Å². The fourth-order valence-corrected chi connectivity index (χ4v) is 4.59. The van der Waals surface area contributed by atoms with Gasteiger partial charge in [0.25, 0.3) is 11.8 Å². The molecule has 0 unspecified atom stereocenters. The molecule has 0 atom stereocenters. The van der Waals surface area contributed by atoms with E-state index in [9.17, 15) is 9.59 Å². The topological polar surface area (TPSA) is 88.2 Å². The molecule has 2 amide bonds. The molecule has 0 bridgehead atoms. The van der Waals surface area contributed by atoms with Crippen LogP contribution >= 0.6 is 0 Å². The molecule has 0 spiro atoms. The van der Waals surface area contributed by atoms with Gasteiger partial charge >= 0.3 is 0 Å². The van der Waals surface area contributed by atoms with E-state index < -0.39 is 0 Å². The van der Waals surface area contributed by atoms with Gasteiger partial charge in [0, 0.05) is 51.9 Å². The summed E-state index contributed by atoms with van der Waals surface area (Å²) in [5.74, 6) is -0.0568. The maximum atomic E-state index is 13.1. The van der Waals surface area contributed by atoms with Crippen molar-refractivity contribution in [1.82, 2.24) is 20.2 Å². The molecule has 7 nitrogen and oxygen atoms in total. The van der Waals surface area contributed by atoms with Crippen molar-refractivity contribution in [2.75, 3.05) is 20.2 Å². The summed E-state index contributed by atoms with van der Waals surface area (Å²) >= 11 is 0.